The second kappa shape index (κ2) is 4.24. The van der Waals surface area contributed by atoms with E-state index in [1.54, 1.807) is 0 Å². The van der Waals surface area contributed by atoms with Crippen molar-refractivity contribution in [2.75, 3.05) is 13.6 Å². The average molecular weight is 284 g/mol. The molecule has 0 amide bonds. The Kier molecular flexibility index (Phi) is 4.09. The fraction of sp³-hybridized carbons (Fsp3) is 0.625. The van der Waals surface area contributed by atoms with Crippen LogP contribution in [0.1, 0.15) is 19.8 Å². The zero-order valence-electron chi connectivity index (χ0n) is 9.46. The van der Waals surface area contributed by atoms with Crippen LogP contribution in [0.5, 0.6) is 0 Å². The van der Waals surface area contributed by atoms with Crippen LogP contribution in [0.2, 0.25) is 0 Å². The van der Waals surface area contributed by atoms with Crippen molar-refractivity contribution in [2.24, 2.45) is 4.99 Å². The molecule has 1 heterocycles. The molecule has 0 aliphatic carbocycles. The zero-order chi connectivity index (χ0) is 13.9. The number of unbranched alkanes of at least 4 members (excludes halogenated alkanes) is 1. The van der Waals surface area contributed by atoms with Crippen molar-refractivity contribution in [1.29, 1.82) is 0 Å². The Labute approximate surface area is 95.5 Å². The van der Waals surface area contributed by atoms with E-state index in [1.165, 1.54) is 19.4 Å². The molecule has 2 nitrogen and oxygen atoms in total. The molecular formula is C8H15F6N2P. The molecule has 1 unspecified atom stereocenters. The van der Waals surface area contributed by atoms with Gasteiger partial charge in [0.2, 0.25) is 0 Å². The van der Waals surface area contributed by atoms with E-state index in [2.05, 4.69) is 25.2 Å². The van der Waals surface area contributed by atoms with E-state index >= 15 is 0 Å². The van der Waals surface area contributed by atoms with Gasteiger partial charge in [0, 0.05) is 0 Å². The number of rotatable bonds is 3. The van der Waals surface area contributed by atoms with Crippen molar-refractivity contribution < 1.29 is 29.7 Å². The summed E-state index contributed by atoms with van der Waals surface area (Å²) in [4.78, 5) is 4.06. The van der Waals surface area contributed by atoms with Crippen LogP contribution in [0.3, 0.4) is 0 Å². The molecule has 104 valence electrons. The Morgan fingerprint density at radius 1 is 1.12 bits per heavy atom. The Morgan fingerprint density at radius 2 is 1.59 bits per heavy atom. The third-order valence-corrected chi connectivity index (χ3v) is 1.82. The van der Waals surface area contributed by atoms with Crippen LogP contribution < -0.4 is 0 Å². The van der Waals surface area contributed by atoms with Crippen molar-refractivity contribution in [3.05, 3.63) is 12.4 Å². The zero-order valence-corrected chi connectivity index (χ0v) is 10.4. The molecule has 0 aromatic carbocycles. The van der Waals surface area contributed by atoms with Crippen molar-refractivity contribution in [1.82, 2.24) is 0 Å². The van der Waals surface area contributed by atoms with Gasteiger partial charge in [-0.15, -0.1) is 0 Å². The van der Waals surface area contributed by atoms with Crippen molar-refractivity contribution in [3.8, 4) is 0 Å². The molecule has 0 N–H and O–H groups in total. The monoisotopic (exact) mass is 284 g/mol. The van der Waals surface area contributed by atoms with Crippen LogP contribution in [0.25, 0.3) is 0 Å². The third-order valence-electron chi connectivity index (χ3n) is 1.82. The van der Waals surface area contributed by atoms with Crippen LogP contribution in [0, 0.1) is 0 Å². The number of quaternary nitrogens is 1. The molecule has 0 radical (unpaired) electrons. The predicted molar refractivity (Wildman–Crippen MR) is 57.2 cm³/mol. The number of halogens is 6. The summed E-state index contributed by atoms with van der Waals surface area (Å²) in [5.74, 6) is 0. The van der Waals surface area contributed by atoms with E-state index in [0.29, 0.717) is 0 Å². The fourth-order valence-electron chi connectivity index (χ4n) is 1.05. The maximum absolute atomic E-state index is 10.7. The average Bonchev–Trinajstić information content (AvgIpc) is 2.44. The quantitative estimate of drug-likeness (QED) is 0.387. The first-order chi connectivity index (χ1) is 7.22. The molecule has 0 saturated heterocycles. The van der Waals surface area contributed by atoms with E-state index in [9.17, 15) is 25.2 Å². The molecular weight excluding hydrogens is 269 g/mol. The van der Waals surface area contributed by atoms with E-state index in [-0.39, 0.29) is 0 Å². The SMILES string of the molecule is CCCC[N+]1(C)C=CN=C1.F[P-](F)(F)(F)(F)F. The summed E-state index contributed by atoms with van der Waals surface area (Å²) < 4.78 is 60.1. The van der Waals surface area contributed by atoms with Gasteiger partial charge < -0.3 is 0 Å². The molecule has 17 heavy (non-hydrogen) atoms. The number of nitrogens with zero attached hydrogens (tertiary/aromatic N) is 2. The Balaban J connectivity index is 0.000000325. The van der Waals surface area contributed by atoms with Gasteiger partial charge in [0.1, 0.15) is 6.20 Å². The van der Waals surface area contributed by atoms with Gasteiger partial charge in [-0.05, 0) is 6.42 Å². The van der Waals surface area contributed by atoms with Gasteiger partial charge in [-0.2, -0.15) is 0 Å². The van der Waals surface area contributed by atoms with Crippen LogP contribution >= 0.6 is 7.81 Å². The molecule has 0 fully saturated rings. The molecule has 0 saturated carbocycles. The molecule has 1 aliphatic rings. The summed E-state index contributed by atoms with van der Waals surface area (Å²) in [6.07, 6.45) is 8.50. The number of aliphatic imine (C=N–C) groups is 1. The van der Waals surface area contributed by atoms with Gasteiger partial charge in [0.05, 0.1) is 19.8 Å². The van der Waals surface area contributed by atoms with Gasteiger partial charge in [-0.1, -0.05) is 13.3 Å². The summed E-state index contributed by atoms with van der Waals surface area (Å²) in [7, 11) is -8.49. The van der Waals surface area contributed by atoms with Gasteiger partial charge in [0.25, 0.3) is 0 Å². The summed E-state index contributed by atoms with van der Waals surface area (Å²) in [5, 5.41) is 0. The summed E-state index contributed by atoms with van der Waals surface area (Å²) >= 11 is 0. The Hall–Kier alpha value is -0.620. The van der Waals surface area contributed by atoms with E-state index in [1.807, 2.05) is 12.5 Å². The Bertz CT molecular complexity index is 293. The van der Waals surface area contributed by atoms with Crippen molar-refractivity contribution >= 4 is 14.1 Å². The minimum absolute atomic E-state index is 0.883. The van der Waals surface area contributed by atoms with Crippen molar-refractivity contribution in [3.63, 3.8) is 0 Å². The molecule has 0 aromatic heterocycles. The van der Waals surface area contributed by atoms with Crippen molar-refractivity contribution in [2.45, 2.75) is 19.8 Å². The predicted octanol–water partition coefficient (Wildman–Crippen LogP) is 5.13. The first-order valence-electron chi connectivity index (χ1n) is 4.85. The normalized spacial score (nSPS) is 27.1. The molecule has 0 spiro atoms. The van der Waals surface area contributed by atoms with E-state index in [0.717, 1.165) is 4.48 Å². The van der Waals surface area contributed by atoms with Gasteiger partial charge in [-0.25, -0.2) is 4.99 Å². The standard InChI is InChI=1S/C8H15N2.F6P/c1-3-4-6-10(2)7-5-9-8-10;1-7(2,3,4,5)6/h5,7-8H,3-4,6H2,1-2H3;/q+1;-1. The van der Waals surface area contributed by atoms with Crippen LogP contribution in [0.15, 0.2) is 17.4 Å². The third kappa shape index (κ3) is 15.4. The molecule has 0 bridgehead atoms. The molecule has 1 rings (SSSR count). The molecule has 0 aromatic rings. The molecule has 1 atom stereocenters. The number of hydrogen-bond donors (Lipinski definition) is 0. The van der Waals surface area contributed by atoms with Gasteiger partial charge >= 0.3 is 33.0 Å². The summed E-state index contributed by atoms with van der Waals surface area (Å²) in [6, 6.07) is 0. The maximum atomic E-state index is 9.87. The summed E-state index contributed by atoms with van der Waals surface area (Å²) in [5.41, 5.74) is 0. The summed E-state index contributed by atoms with van der Waals surface area (Å²) in [6.45, 7) is 3.39. The second-order valence-corrected chi connectivity index (χ2v) is 5.86. The second-order valence-electron chi connectivity index (χ2n) is 3.95. The molecule has 9 heteroatoms. The molecule has 1 aliphatic heterocycles. The van der Waals surface area contributed by atoms with Crippen LogP contribution in [0.4, 0.5) is 25.2 Å². The van der Waals surface area contributed by atoms with Gasteiger partial charge in [-0.3, -0.25) is 4.48 Å². The van der Waals surface area contributed by atoms with E-state index in [4.69, 9.17) is 0 Å². The van der Waals surface area contributed by atoms with E-state index < -0.39 is 7.81 Å². The fourth-order valence-corrected chi connectivity index (χ4v) is 1.05. The first-order valence-corrected chi connectivity index (χ1v) is 6.88. The van der Waals surface area contributed by atoms with Crippen LogP contribution in [-0.4, -0.2) is 24.4 Å². The van der Waals surface area contributed by atoms with Gasteiger partial charge in [0.15, 0.2) is 6.34 Å². The Morgan fingerprint density at radius 3 is 1.88 bits per heavy atom. The number of hydrogen-bond acceptors (Lipinski definition) is 1. The topological polar surface area (TPSA) is 12.4 Å². The first kappa shape index (κ1) is 16.4. The minimum atomic E-state index is -10.7. The van der Waals surface area contributed by atoms with Crippen LogP contribution in [-0.2, 0) is 0 Å².